The summed E-state index contributed by atoms with van der Waals surface area (Å²) in [5, 5.41) is 12.1. The van der Waals surface area contributed by atoms with Crippen LogP contribution in [0, 0.1) is 0 Å². The quantitative estimate of drug-likeness (QED) is 0.675. The molecule has 24 heavy (non-hydrogen) atoms. The summed E-state index contributed by atoms with van der Waals surface area (Å²) in [6.07, 6.45) is 4.21. The van der Waals surface area contributed by atoms with Gasteiger partial charge in [-0.2, -0.15) is 0 Å². The van der Waals surface area contributed by atoms with E-state index in [9.17, 15) is 5.11 Å². The van der Waals surface area contributed by atoms with Crippen LogP contribution in [0.1, 0.15) is 26.7 Å². The van der Waals surface area contributed by atoms with Gasteiger partial charge in [-0.1, -0.05) is 50.2 Å². The molecule has 0 bridgehead atoms. The molecule has 3 heteroatoms. The molecule has 3 aromatic rings. The van der Waals surface area contributed by atoms with Crippen molar-refractivity contribution in [1.29, 1.82) is 0 Å². The van der Waals surface area contributed by atoms with E-state index in [1.54, 1.807) is 12.1 Å². The average molecular weight is 320 g/mol. The highest BCUT2D eigenvalue weighted by Crippen LogP contribution is 2.34. The molecule has 0 saturated carbocycles. The fourth-order valence-electron chi connectivity index (χ4n) is 3.21. The van der Waals surface area contributed by atoms with Crippen molar-refractivity contribution in [1.82, 2.24) is 4.98 Å². The molecular formula is C21H24N2O. The van der Waals surface area contributed by atoms with Gasteiger partial charge in [0.15, 0.2) is 0 Å². The van der Waals surface area contributed by atoms with Gasteiger partial charge in [0.05, 0.1) is 17.6 Å². The molecule has 0 aliphatic heterocycles. The summed E-state index contributed by atoms with van der Waals surface area (Å²) < 4.78 is 0. The third-order valence-corrected chi connectivity index (χ3v) is 4.22. The van der Waals surface area contributed by atoms with Crippen LogP contribution in [0.15, 0.2) is 54.7 Å². The van der Waals surface area contributed by atoms with Crippen molar-refractivity contribution in [2.75, 3.05) is 18.0 Å². The number of aromatic nitrogens is 1. The zero-order valence-electron chi connectivity index (χ0n) is 14.4. The second-order valence-electron chi connectivity index (χ2n) is 6.08. The molecule has 0 aliphatic carbocycles. The SMILES string of the molecule is CCCN(CCC)c1cnc(-c2cccc(O)c2)c2ccccc12. The van der Waals surface area contributed by atoms with Gasteiger partial charge in [-0.25, -0.2) is 0 Å². The Morgan fingerprint density at radius 2 is 1.62 bits per heavy atom. The minimum atomic E-state index is 0.265. The van der Waals surface area contributed by atoms with Gasteiger partial charge >= 0.3 is 0 Å². The lowest BCUT2D eigenvalue weighted by molar-refractivity contribution is 0.475. The zero-order valence-corrected chi connectivity index (χ0v) is 14.4. The lowest BCUT2D eigenvalue weighted by Gasteiger charge is -2.25. The van der Waals surface area contributed by atoms with Crippen molar-refractivity contribution in [3.63, 3.8) is 0 Å². The standard InChI is InChI=1S/C21H24N2O/c1-3-12-23(13-4-2)20-15-22-21(16-8-7-9-17(24)14-16)19-11-6-5-10-18(19)20/h5-11,14-15,24H,3-4,12-13H2,1-2H3. The molecule has 0 fully saturated rings. The number of anilines is 1. The maximum atomic E-state index is 9.79. The lowest BCUT2D eigenvalue weighted by atomic mass is 10.0. The van der Waals surface area contributed by atoms with Crippen LogP contribution in [-0.4, -0.2) is 23.2 Å². The van der Waals surface area contributed by atoms with Gasteiger partial charge in [0.2, 0.25) is 0 Å². The molecule has 1 heterocycles. The number of rotatable bonds is 6. The van der Waals surface area contributed by atoms with Crippen LogP contribution >= 0.6 is 0 Å². The van der Waals surface area contributed by atoms with Gasteiger partial charge in [-0.15, -0.1) is 0 Å². The van der Waals surface area contributed by atoms with Crippen molar-refractivity contribution in [3.05, 3.63) is 54.7 Å². The maximum Gasteiger partial charge on any atom is 0.116 e. The average Bonchev–Trinajstić information content (AvgIpc) is 2.61. The highest BCUT2D eigenvalue weighted by molar-refractivity contribution is 6.01. The number of hydrogen-bond acceptors (Lipinski definition) is 3. The summed E-state index contributed by atoms with van der Waals surface area (Å²) in [6.45, 7) is 6.48. The highest BCUT2D eigenvalue weighted by atomic mass is 16.3. The minimum Gasteiger partial charge on any atom is -0.508 e. The summed E-state index contributed by atoms with van der Waals surface area (Å²) >= 11 is 0. The molecule has 0 unspecified atom stereocenters. The number of benzene rings is 2. The number of nitrogens with zero attached hydrogens (tertiary/aromatic N) is 2. The number of phenols is 1. The first-order valence-corrected chi connectivity index (χ1v) is 8.66. The summed E-state index contributed by atoms with van der Waals surface area (Å²) in [4.78, 5) is 7.17. The molecule has 0 spiro atoms. The second-order valence-corrected chi connectivity index (χ2v) is 6.08. The molecule has 0 saturated heterocycles. The Hall–Kier alpha value is -2.55. The normalized spacial score (nSPS) is 10.9. The Morgan fingerprint density at radius 1 is 0.917 bits per heavy atom. The van der Waals surface area contributed by atoms with E-state index >= 15 is 0 Å². The summed E-state index contributed by atoms with van der Waals surface area (Å²) in [6, 6.07) is 15.7. The first-order valence-electron chi connectivity index (χ1n) is 8.66. The van der Waals surface area contributed by atoms with Gasteiger partial charge in [-0.05, 0) is 25.0 Å². The van der Waals surface area contributed by atoms with Crippen LogP contribution < -0.4 is 4.90 Å². The zero-order chi connectivity index (χ0) is 16.9. The Kier molecular flexibility index (Phi) is 4.99. The Balaban J connectivity index is 2.17. The fraction of sp³-hybridized carbons (Fsp3) is 0.286. The number of phenolic OH excluding ortho intramolecular Hbond substituents is 1. The molecule has 3 rings (SSSR count). The molecule has 1 N–H and O–H groups in total. The summed E-state index contributed by atoms with van der Waals surface area (Å²) in [7, 11) is 0. The van der Waals surface area contributed by atoms with Crippen molar-refractivity contribution in [2.24, 2.45) is 0 Å². The molecule has 124 valence electrons. The Labute approximate surface area is 143 Å². The van der Waals surface area contributed by atoms with Gasteiger partial charge in [0, 0.05) is 29.4 Å². The second kappa shape index (κ2) is 7.35. The predicted octanol–water partition coefficient (Wildman–Crippen LogP) is 5.23. The summed E-state index contributed by atoms with van der Waals surface area (Å²) in [5.41, 5.74) is 3.05. The van der Waals surface area contributed by atoms with Crippen LogP contribution in [0.5, 0.6) is 5.75 Å². The number of hydrogen-bond donors (Lipinski definition) is 1. The van der Waals surface area contributed by atoms with E-state index in [4.69, 9.17) is 4.98 Å². The third kappa shape index (κ3) is 3.21. The number of fused-ring (bicyclic) bond motifs is 1. The lowest BCUT2D eigenvalue weighted by Crippen LogP contribution is -2.25. The topological polar surface area (TPSA) is 36.4 Å². The van der Waals surface area contributed by atoms with Crippen LogP contribution in [0.3, 0.4) is 0 Å². The maximum absolute atomic E-state index is 9.79. The smallest absolute Gasteiger partial charge is 0.116 e. The first kappa shape index (κ1) is 16.3. The molecular weight excluding hydrogens is 296 g/mol. The Bertz CT molecular complexity index is 823. The van der Waals surface area contributed by atoms with E-state index in [1.165, 1.54) is 11.1 Å². The largest absolute Gasteiger partial charge is 0.508 e. The van der Waals surface area contributed by atoms with Gasteiger partial charge in [0.1, 0.15) is 5.75 Å². The molecule has 0 radical (unpaired) electrons. The Morgan fingerprint density at radius 3 is 2.29 bits per heavy atom. The molecule has 3 nitrogen and oxygen atoms in total. The predicted molar refractivity (Wildman–Crippen MR) is 102 cm³/mol. The van der Waals surface area contributed by atoms with E-state index < -0.39 is 0 Å². The third-order valence-electron chi connectivity index (χ3n) is 4.22. The van der Waals surface area contributed by atoms with E-state index in [0.717, 1.165) is 42.6 Å². The van der Waals surface area contributed by atoms with Gasteiger partial charge in [-0.3, -0.25) is 4.98 Å². The highest BCUT2D eigenvalue weighted by Gasteiger charge is 2.13. The molecule has 0 atom stereocenters. The number of pyridine rings is 1. The van der Waals surface area contributed by atoms with Crippen LogP contribution in [0.25, 0.3) is 22.0 Å². The van der Waals surface area contributed by atoms with E-state index in [-0.39, 0.29) is 5.75 Å². The number of aromatic hydroxyl groups is 1. The molecule has 0 amide bonds. The van der Waals surface area contributed by atoms with Crippen LogP contribution in [0.4, 0.5) is 5.69 Å². The van der Waals surface area contributed by atoms with Gasteiger partial charge in [0.25, 0.3) is 0 Å². The van der Waals surface area contributed by atoms with Crippen molar-refractivity contribution >= 4 is 16.5 Å². The summed E-state index contributed by atoms with van der Waals surface area (Å²) in [5.74, 6) is 0.265. The van der Waals surface area contributed by atoms with Crippen molar-refractivity contribution in [2.45, 2.75) is 26.7 Å². The van der Waals surface area contributed by atoms with Crippen molar-refractivity contribution < 1.29 is 5.11 Å². The van der Waals surface area contributed by atoms with Crippen LogP contribution in [0.2, 0.25) is 0 Å². The molecule has 1 aromatic heterocycles. The van der Waals surface area contributed by atoms with Crippen LogP contribution in [-0.2, 0) is 0 Å². The van der Waals surface area contributed by atoms with Crippen molar-refractivity contribution in [3.8, 4) is 17.0 Å². The molecule has 2 aromatic carbocycles. The van der Waals surface area contributed by atoms with Gasteiger partial charge < -0.3 is 10.0 Å². The first-order chi connectivity index (χ1) is 11.7. The van der Waals surface area contributed by atoms with E-state index in [1.807, 2.05) is 24.4 Å². The van der Waals surface area contributed by atoms with E-state index in [2.05, 4.69) is 36.9 Å². The van der Waals surface area contributed by atoms with E-state index in [0.29, 0.717) is 0 Å². The minimum absolute atomic E-state index is 0.265. The molecule has 0 aliphatic rings. The monoisotopic (exact) mass is 320 g/mol. The fourth-order valence-corrected chi connectivity index (χ4v) is 3.21.